The molecule has 1 aromatic heterocycles. The molecule has 13 nitrogen and oxygen atoms in total. The van der Waals surface area contributed by atoms with Crippen LogP contribution in [0.3, 0.4) is 0 Å². The molecule has 6 N–H and O–H groups in total. The molecule has 0 saturated carbocycles. The third-order valence-corrected chi connectivity index (χ3v) is 4.44. The highest BCUT2D eigenvalue weighted by Crippen LogP contribution is 2.37. The summed E-state index contributed by atoms with van der Waals surface area (Å²) in [7, 11) is -4.50. The first-order valence-electron chi connectivity index (χ1n) is 9.91. The summed E-state index contributed by atoms with van der Waals surface area (Å²) in [6, 6.07) is 1.48. The summed E-state index contributed by atoms with van der Waals surface area (Å²) in [5.74, 6) is -1.39. The summed E-state index contributed by atoms with van der Waals surface area (Å²) in [5.41, 5.74) is 3.68. The molecule has 1 fully saturated rings. The minimum Gasteiger partial charge on any atom is -0.481 e. The molecule has 0 amide bonds. The van der Waals surface area contributed by atoms with Gasteiger partial charge in [0.2, 0.25) is 0 Å². The van der Waals surface area contributed by atoms with E-state index in [1.807, 2.05) is 0 Å². The van der Waals surface area contributed by atoms with Crippen molar-refractivity contribution in [2.45, 2.75) is 66.7 Å². The van der Waals surface area contributed by atoms with Gasteiger partial charge in [-0.2, -0.15) is 4.98 Å². The molecule has 2 heterocycles. The molecular weight excluding hydrogens is 461 g/mol. The Bertz CT molecular complexity index is 874. The standard InChI is InChI=1S/C9H14N3O6P.2C5H10O2/c10-7-3-4-12(9(13)11-7)8-2-1-6(18-8)5-17-19(14,15)16;2*1-5(2,3)4(6)7/h3-4,6,8H,1-2,5H2,(H2,10,11,13)(H2,14,15,16);2*1-3H3,(H,6,7). The van der Waals surface area contributed by atoms with Gasteiger partial charge in [0.1, 0.15) is 12.0 Å². The molecule has 14 heteroatoms. The Morgan fingerprint density at radius 3 is 1.97 bits per heavy atom. The molecule has 2 unspecified atom stereocenters. The number of hydrogen-bond donors (Lipinski definition) is 5. The fraction of sp³-hybridized carbons (Fsp3) is 0.684. The fourth-order valence-electron chi connectivity index (χ4n) is 1.84. The SMILES string of the molecule is CC(C)(C)C(=O)O.CC(C)(C)C(=O)O.Nc1ccn(C2CCC(COP(=O)(O)O)O2)c(=O)n1. The van der Waals surface area contributed by atoms with Gasteiger partial charge in [-0.3, -0.25) is 18.7 Å². The van der Waals surface area contributed by atoms with Crippen molar-refractivity contribution in [2.75, 3.05) is 12.3 Å². The van der Waals surface area contributed by atoms with E-state index in [0.717, 1.165) is 0 Å². The number of hydrogen-bond acceptors (Lipinski definition) is 8. The van der Waals surface area contributed by atoms with Crippen LogP contribution in [0.2, 0.25) is 0 Å². The number of phosphoric acid groups is 1. The topological polar surface area (TPSA) is 211 Å². The van der Waals surface area contributed by atoms with Gasteiger partial charge in [-0.1, -0.05) is 0 Å². The Labute approximate surface area is 191 Å². The van der Waals surface area contributed by atoms with E-state index in [4.69, 9.17) is 30.5 Å². The zero-order valence-electron chi connectivity index (χ0n) is 19.6. The zero-order valence-corrected chi connectivity index (χ0v) is 20.5. The fourth-order valence-corrected chi connectivity index (χ4v) is 2.20. The predicted molar refractivity (Wildman–Crippen MR) is 118 cm³/mol. The number of aromatic nitrogens is 2. The molecule has 2 atom stereocenters. The van der Waals surface area contributed by atoms with Gasteiger partial charge in [-0.15, -0.1) is 0 Å². The molecule has 1 aliphatic rings. The lowest BCUT2D eigenvalue weighted by molar-refractivity contribution is -0.146. The molecule has 0 aromatic carbocycles. The van der Waals surface area contributed by atoms with E-state index < -0.39 is 48.6 Å². The van der Waals surface area contributed by atoms with Crippen molar-refractivity contribution < 1.29 is 43.4 Å². The molecule has 1 aliphatic heterocycles. The van der Waals surface area contributed by atoms with Crippen LogP contribution in [0.15, 0.2) is 17.1 Å². The van der Waals surface area contributed by atoms with Crippen LogP contribution >= 0.6 is 7.82 Å². The van der Waals surface area contributed by atoms with E-state index in [0.29, 0.717) is 12.8 Å². The van der Waals surface area contributed by atoms with Crippen molar-refractivity contribution in [3.8, 4) is 0 Å². The van der Waals surface area contributed by atoms with E-state index >= 15 is 0 Å². The minimum atomic E-state index is -4.50. The van der Waals surface area contributed by atoms with E-state index in [1.165, 1.54) is 16.8 Å². The lowest BCUT2D eigenvalue weighted by Gasteiger charge is -2.15. The van der Waals surface area contributed by atoms with Crippen molar-refractivity contribution in [1.82, 2.24) is 9.55 Å². The van der Waals surface area contributed by atoms with E-state index in [9.17, 15) is 18.9 Å². The van der Waals surface area contributed by atoms with Crippen molar-refractivity contribution in [2.24, 2.45) is 10.8 Å². The first-order chi connectivity index (χ1) is 14.7. The Morgan fingerprint density at radius 1 is 1.15 bits per heavy atom. The Hall–Kier alpha value is -2.31. The number of carboxylic acids is 2. The predicted octanol–water partition coefficient (Wildman–Crippen LogP) is 1.85. The highest BCUT2D eigenvalue weighted by Gasteiger charge is 2.29. The molecule has 190 valence electrons. The van der Waals surface area contributed by atoms with E-state index in [1.54, 1.807) is 41.5 Å². The van der Waals surface area contributed by atoms with Crippen LogP contribution in [0, 0.1) is 10.8 Å². The Morgan fingerprint density at radius 2 is 1.61 bits per heavy atom. The second-order valence-corrected chi connectivity index (χ2v) is 10.5. The minimum absolute atomic E-state index is 0.126. The average Bonchev–Trinajstić information content (AvgIpc) is 3.07. The summed E-state index contributed by atoms with van der Waals surface area (Å²) in [6.45, 7) is 9.75. The number of aliphatic carboxylic acids is 2. The van der Waals surface area contributed by atoms with Crippen LogP contribution < -0.4 is 11.4 Å². The number of nitrogens with two attached hydrogens (primary N) is 1. The molecule has 1 saturated heterocycles. The van der Waals surface area contributed by atoms with Gasteiger partial charge in [0.05, 0.1) is 23.5 Å². The average molecular weight is 495 g/mol. The van der Waals surface area contributed by atoms with Crippen LogP contribution in [0.4, 0.5) is 5.82 Å². The van der Waals surface area contributed by atoms with Crippen LogP contribution in [0.25, 0.3) is 0 Å². The van der Waals surface area contributed by atoms with E-state index in [-0.39, 0.29) is 12.4 Å². The summed E-state index contributed by atoms with van der Waals surface area (Å²) in [4.78, 5) is 52.4. The smallest absolute Gasteiger partial charge is 0.469 e. The van der Waals surface area contributed by atoms with Crippen LogP contribution in [-0.4, -0.2) is 54.2 Å². The summed E-state index contributed by atoms with van der Waals surface area (Å²) in [5, 5.41) is 16.5. The van der Waals surface area contributed by atoms with Crippen molar-refractivity contribution in [3.05, 3.63) is 22.7 Å². The van der Waals surface area contributed by atoms with Crippen LogP contribution in [0.1, 0.15) is 60.6 Å². The molecular formula is C19H34N3O10P. The summed E-state index contributed by atoms with van der Waals surface area (Å²) >= 11 is 0. The molecule has 0 aliphatic carbocycles. The summed E-state index contributed by atoms with van der Waals surface area (Å²) < 4.78 is 21.7. The van der Waals surface area contributed by atoms with Crippen molar-refractivity contribution >= 4 is 25.6 Å². The first kappa shape index (κ1) is 30.7. The molecule has 0 radical (unpaired) electrons. The Kier molecular flexibility index (Phi) is 11.4. The van der Waals surface area contributed by atoms with Gasteiger partial charge in [0.15, 0.2) is 0 Å². The maximum atomic E-state index is 11.6. The maximum Gasteiger partial charge on any atom is 0.469 e. The number of rotatable bonds is 4. The maximum absolute atomic E-state index is 11.6. The van der Waals surface area contributed by atoms with Gasteiger partial charge in [0, 0.05) is 6.20 Å². The molecule has 2 rings (SSSR count). The highest BCUT2D eigenvalue weighted by molar-refractivity contribution is 7.46. The largest absolute Gasteiger partial charge is 0.481 e. The third kappa shape index (κ3) is 13.1. The second-order valence-electron chi connectivity index (χ2n) is 9.23. The van der Waals surface area contributed by atoms with Crippen molar-refractivity contribution in [3.63, 3.8) is 0 Å². The van der Waals surface area contributed by atoms with Crippen molar-refractivity contribution in [1.29, 1.82) is 0 Å². The Balaban J connectivity index is 0.000000605. The zero-order chi connectivity index (χ0) is 26.2. The van der Waals surface area contributed by atoms with Gasteiger partial charge in [-0.05, 0) is 60.5 Å². The normalized spacial score (nSPS) is 18.4. The van der Waals surface area contributed by atoms with Gasteiger partial charge in [-0.25, -0.2) is 9.36 Å². The first-order valence-corrected chi connectivity index (χ1v) is 11.4. The van der Waals surface area contributed by atoms with E-state index in [2.05, 4.69) is 9.51 Å². The number of anilines is 1. The van der Waals surface area contributed by atoms with Crippen LogP contribution in [-0.2, 0) is 23.4 Å². The quantitative estimate of drug-likeness (QED) is 0.379. The number of phosphoric ester groups is 1. The van der Waals surface area contributed by atoms with Gasteiger partial charge in [0.25, 0.3) is 0 Å². The second kappa shape index (κ2) is 12.2. The summed E-state index contributed by atoms with van der Waals surface area (Å²) in [6.07, 6.45) is 1.54. The molecule has 33 heavy (non-hydrogen) atoms. The molecule has 1 aromatic rings. The lowest BCUT2D eigenvalue weighted by atomic mass is 9.98. The monoisotopic (exact) mass is 495 g/mol. The molecule has 0 spiro atoms. The van der Waals surface area contributed by atoms with Gasteiger partial charge < -0.3 is 30.5 Å². The number of nitrogen functional groups attached to an aromatic ring is 1. The number of ether oxygens (including phenoxy) is 1. The van der Waals surface area contributed by atoms with Gasteiger partial charge >= 0.3 is 25.5 Å². The number of carbonyl (C=O) groups is 2. The number of nitrogens with zero attached hydrogens (tertiary/aromatic N) is 2. The highest BCUT2D eigenvalue weighted by atomic mass is 31.2. The number of carboxylic acid groups (broad SMARTS) is 2. The van der Waals surface area contributed by atoms with Crippen LogP contribution in [0.5, 0.6) is 0 Å². The molecule has 0 bridgehead atoms. The lowest BCUT2D eigenvalue weighted by Crippen LogP contribution is -2.27. The third-order valence-electron chi connectivity index (χ3n) is 3.96.